The van der Waals surface area contributed by atoms with E-state index in [-0.39, 0.29) is 19.0 Å². The van der Waals surface area contributed by atoms with E-state index in [9.17, 15) is 14.3 Å². The van der Waals surface area contributed by atoms with Gasteiger partial charge in [0.1, 0.15) is 0 Å². The first kappa shape index (κ1) is 19.3. The Bertz CT molecular complexity index is 741. The molecule has 0 unspecified atom stereocenters. The number of aromatic hydroxyl groups is 1. The lowest BCUT2D eigenvalue weighted by atomic mass is 10.0. The molecule has 0 aliphatic carbocycles. The number of aryl methyl sites for hydroxylation is 1. The number of fused-ring (bicyclic) bond motifs is 1. The lowest BCUT2D eigenvalue weighted by Crippen LogP contribution is -2.13. The van der Waals surface area contributed by atoms with Crippen molar-refractivity contribution in [3.8, 4) is 5.75 Å². The van der Waals surface area contributed by atoms with Crippen molar-refractivity contribution in [2.45, 2.75) is 20.4 Å². The summed E-state index contributed by atoms with van der Waals surface area (Å²) in [6.45, 7) is 4.08. The van der Waals surface area contributed by atoms with Crippen LogP contribution in [0.25, 0.3) is 10.9 Å². The van der Waals surface area contributed by atoms with Crippen LogP contribution in [-0.2, 0) is 18.3 Å². The molecule has 5 nitrogen and oxygen atoms in total. The van der Waals surface area contributed by atoms with Gasteiger partial charge in [0, 0.05) is 36.3 Å². The monoisotopic (exact) mass is 344 g/mol. The van der Waals surface area contributed by atoms with Gasteiger partial charge in [0.2, 0.25) is 0 Å². The van der Waals surface area contributed by atoms with Gasteiger partial charge in [-0.15, -0.1) is 12.4 Å². The third-order valence-corrected chi connectivity index (χ3v) is 3.76. The average molecular weight is 345 g/mol. The van der Waals surface area contributed by atoms with Gasteiger partial charge in [0.05, 0.1) is 17.7 Å². The molecule has 128 valence electrons. The van der Waals surface area contributed by atoms with Crippen molar-refractivity contribution in [3.05, 3.63) is 28.7 Å². The maximum Gasteiger partial charge on any atom is 0.340 e. The van der Waals surface area contributed by atoms with Crippen molar-refractivity contribution >= 4 is 29.3 Å². The molecule has 0 aliphatic heterocycles. The molecule has 0 amide bonds. The predicted molar refractivity (Wildman–Crippen MR) is 89.9 cm³/mol. The second-order valence-corrected chi connectivity index (χ2v) is 5.56. The number of halogens is 2. The molecule has 0 saturated carbocycles. The van der Waals surface area contributed by atoms with E-state index in [1.165, 1.54) is 6.07 Å². The minimum absolute atomic E-state index is 0. The van der Waals surface area contributed by atoms with E-state index in [0.29, 0.717) is 34.3 Å². The fraction of sp³-hybridized carbons (Fsp3) is 0.438. The van der Waals surface area contributed by atoms with Crippen LogP contribution in [0.4, 0.5) is 4.39 Å². The van der Waals surface area contributed by atoms with Crippen LogP contribution in [0, 0.1) is 12.7 Å². The van der Waals surface area contributed by atoms with E-state index in [1.807, 2.05) is 19.0 Å². The summed E-state index contributed by atoms with van der Waals surface area (Å²) >= 11 is 0. The number of hydrogen-bond acceptors (Lipinski definition) is 4. The van der Waals surface area contributed by atoms with Crippen LogP contribution < -0.4 is 0 Å². The zero-order valence-corrected chi connectivity index (χ0v) is 14.8. The molecule has 0 atom stereocenters. The zero-order valence-electron chi connectivity index (χ0n) is 13.9. The molecule has 0 radical (unpaired) electrons. The van der Waals surface area contributed by atoms with Gasteiger partial charge >= 0.3 is 5.97 Å². The number of benzene rings is 1. The number of nitrogens with zero attached hydrogens (tertiary/aromatic N) is 2. The predicted octanol–water partition coefficient (Wildman–Crippen LogP) is 2.99. The Morgan fingerprint density at radius 1 is 1.43 bits per heavy atom. The molecule has 1 aromatic heterocycles. The van der Waals surface area contributed by atoms with Gasteiger partial charge in [-0.25, -0.2) is 9.18 Å². The Balaban J connectivity index is 0.00000264. The van der Waals surface area contributed by atoms with Crippen molar-refractivity contribution in [2.24, 2.45) is 7.05 Å². The van der Waals surface area contributed by atoms with E-state index in [0.717, 1.165) is 0 Å². The second kappa shape index (κ2) is 7.19. The Labute approximate surface area is 141 Å². The first-order valence-corrected chi connectivity index (χ1v) is 7.10. The molecule has 0 saturated heterocycles. The number of ether oxygens (including phenoxy) is 1. The summed E-state index contributed by atoms with van der Waals surface area (Å²) < 4.78 is 20.9. The zero-order chi connectivity index (χ0) is 16.6. The molecule has 0 bridgehead atoms. The van der Waals surface area contributed by atoms with E-state index >= 15 is 0 Å². The van der Waals surface area contributed by atoms with Gasteiger partial charge in [0.15, 0.2) is 11.6 Å². The van der Waals surface area contributed by atoms with Crippen LogP contribution in [0.2, 0.25) is 0 Å². The van der Waals surface area contributed by atoms with Gasteiger partial charge in [0.25, 0.3) is 0 Å². The fourth-order valence-electron chi connectivity index (χ4n) is 2.67. The summed E-state index contributed by atoms with van der Waals surface area (Å²) in [7, 11) is 5.39. The maximum absolute atomic E-state index is 14.0. The number of carbonyl (C=O) groups excluding carboxylic acids is 1. The van der Waals surface area contributed by atoms with Crippen LogP contribution in [0.15, 0.2) is 6.07 Å². The lowest BCUT2D eigenvalue weighted by Gasteiger charge is -2.14. The first-order valence-electron chi connectivity index (χ1n) is 7.10. The molecule has 2 rings (SSSR count). The summed E-state index contributed by atoms with van der Waals surface area (Å²) in [5, 5.41) is 10.7. The SMILES string of the molecule is CCOC(=O)c1c(C)n(C)c2cc(F)c(O)c(CN(C)C)c12.Cl. The van der Waals surface area contributed by atoms with Crippen LogP contribution in [-0.4, -0.2) is 41.2 Å². The highest BCUT2D eigenvalue weighted by Gasteiger charge is 2.25. The third kappa shape index (κ3) is 3.28. The maximum atomic E-state index is 14.0. The number of phenols is 1. The van der Waals surface area contributed by atoms with Crippen molar-refractivity contribution in [2.75, 3.05) is 20.7 Å². The standard InChI is InChI=1S/C16H21FN2O3.ClH/c1-6-22-16(21)13-9(2)19(5)12-7-11(17)15(20)10(14(12)13)8-18(3)4;/h7,20H,6,8H2,1-5H3;1H. The molecule has 7 heteroatoms. The van der Waals surface area contributed by atoms with Crippen LogP contribution in [0.3, 0.4) is 0 Å². The molecule has 0 aliphatic rings. The van der Waals surface area contributed by atoms with Crippen molar-refractivity contribution < 1.29 is 19.0 Å². The topological polar surface area (TPSA) is 54.7 Å². The van der Waals surface area contributed by atoms with Gasteiger partial charge in [-0.3, -0.25) is 0 Å². The number of hydrogen-bond donors (Lipinski definition) is 1. The molecule has 2 aromatic rings. The van der Waals surface area contributed by atoms with Gasteiger partial charge in [-0.05, 0) is 27.9 Å². The van der Waals surface area contributed by atoms with Gasteiger partial charge in [-0.1, -0.05) is 0 Å². The quantitative estimate of drug-likeness (QED) is 0.866. The highest BCUT2D eigenvalue weighted by molar-refractivity contribution is 6.08. The number of aromatic nitrogens is 1. The fourth-order valence-corrected chi connectivity index (χ4v) is 2.67. The summed E-state index contributed by atoms with van der Waals surface area (Å²) in [6.07, 6.45) is 0. The number of phenolic OH excluding ortho intramolecular Hbond substituents is 1. The largest absolute Gasteiger partial charge is 0.505 e. The second-order valence-electron chi connectivity index (χ2n) is 5.56. The Hall–Kier alpha value is -1.79. The van der Waals surface area contributed by atoms with Gasteiger partial charge < -0.3 is 19.3 Å². The molecule has 23 heavy (non-hydrogen) atoms. The van der Waals surface area contributed by atoms with E-state index < -0.39 is 17.5 Å². The van der Waals surface area contributed by atoms with Crippen LogP contribution >= 0.6 is 12.4 Å². The summed E-state index contributed by atoms with van der Waals surface area (Å²) in [4.78, 5) is 14.1. The molecule has 0 fully saturated rings. The first-order chi connectivity index (χ1) is 10.3. The van der Waals surface area contributed by atoms with Crippen molar-refractivity contribution in [1.82, 2.24) is 9.47 Å². The van der Waals surface area contributed by atoms with Crippen LogP contribution in [0.5, 0.6) is 5.75 Å². The molecule has 1 aromatic carbocycles. The molecular formula is C16H22ClFN2O3. The number of rotatable bonds is 4. The van der Waals surface area contributed by atoms with E-state index in [4.69, 9.17) is 4.74 Å². The minimum Gasteiger partial charge on any atom is -0.505 e. The van der Waals surface area contributed by atoms with E-state index in [2.05, 4.69) is 0 Å². The van der Waals surface area contributed by atoms with Crippen LogP contribution in [0.1, 0.15) is 28.5 Å². The summed E-state index contributed by atoms with van der Waals surface area (Å²) in [5.41, 5.74) is 2.02. The Kier molecular flexibility index (Phi) is 6.02. The molecular weight excluding hydrogens is 323 g/mol. The highest BCUT2D eigenvalue weighted by atomic mass is 35.5. The van der Waals surface area contributed by atoms with Crippen molar-refractivity contribution in [3.63, 3.8) is 0 Å². The smallest absolute Gasteiger partial charge is 0.340 e. The number of carbonyl (C=O) groups is 1. The third-order valence-electron chi connectivity index (χ3n) is 3.76. The average Bonchev–Trinajstić information content (AvgIpc) is 2.68. The Morgan fingerprint density at radius 2 is 2.04 bits per heavy atom. The Morgan fingerprint density at radius 3 is 2.57 bits per heavy atom. The minimum atomic E-state index is -0.694. The molecule has 1 heterocycles. The van der Waals surface area contributed by atoms with E-state index in [1.54, 1.807) is 25.5 Å². The summed E-state index contributed by atoms with van der Waals surface area (Å²) in [6, 6.07) is 1.25. The normalized spacial score (nSPS) is 10.9. The summed E-state index contributed by atoms with van der Waals surface area (Å²) in [5.74, 6) is -1.57. The lowest BCUT2D eigenvalue weighted by molar-refractivity contribution is 0.0527. The van der Waals surface area contributed by atoms with Gasteiger partial charge in [-0.2, -0.15) is 0 Å². The number of esters is 1. The van der Waals surface area contributed by atoms with Crippen molar-refractivity contribution in [1.29, 1.82) is 0 Å². The molecule has 0 spiro atoms. The molecule has 1 N–H and O–H groups in total. The highest BCUT2D eigenvalue weighted by Crippen LogP contribution is 2.36.